The van der Waals surface area contributed by atoms with Crippen LogP contribution in [0.1, 0.15) is 0 Å². The van der Waals surface area contributed by atoms with Gasteiger partial charge in [0.1, 0.15) is 5.52 Å². The van der Waals surface area contributed by atoms with Crippen molar-refractivity contribution in [3.8, 4) is 11.5 Å². The highest BCUT2D eigenvalue weighted by molar-refractivity contribution is 6.02. The van der Waals surface area contributed by atoms with Gasteiger partial charge in [0.15, 0.2) is 5.52 Å². The Labute approximate surface area is 138 Å². The number of hydrogen-bond acceptors (Lipinski definition) is 5. The molecule has 0 atom stereocenters. The minimum absolute atomic E-state index is 0.246. The van der Waals surface area contributed by atoms with Crippen molar-refractivity contribution in [2.24, 2.45) is 0 Å². The predicted octanol–water partition coefficient (Wildman–Crippen LogP) is 3.47. The van der Waals surface area contributed by atoms with Crippen molar-refractivity contribution in [3.05, 3.63) is 65.1 Å². The lowest BCUT2D eigenvalue weighted by molar-refractivity contribution is 0.517. The third-order valence-electron chi connectivity index (χ3n) is 4.00. The molecule has 2 aromatic heterocycles. The zero-order chi connectivity index (χ0) is 16.7. The second-order valence-electron chi connectivity index (χ2n) is 5.75. The van der Waals surface area contributed by atoms with Gasteiger partial charge in [0.2, 0.25) is 5.89 Å². The summed E-state index contributed by atoms with van der Waals surface area (Å²) in [6, 6.07) is 15.5. The second-order valence-corrected chi connectivity index (χ2v) is 5.75. The fourth-order valence-corrected chi connectivity index (χ4v) is 2.89. The minimum Gasteiger partial charge on any atom is -0.402 e. The highest BCUT2D eigenvalue weighted by Crippen LogP contribution is 2.33. The summed E-state index contributed by atoms with van der Waals surface area (Å²) in [6.07, 6.45) is 1.56. The van der Waals surface area contributed by atoms with Crippen molar-refractivity contribution in [2.75, 3.05) is 19.0 Å². The van der Waals surface area contributed by atoms with Gasteiger partial charge in [-0.2, -0.15) is 0 Å². The van der Waals surface area contributed by atoms with E-state index >= 15 is 0 Å². The van der Waals surface area contributed by atoms with Crippen molar-refractivity contribution in [3.63, 3.8) is 0 Å². The third kappa shape index (κ3) is 2.22. The molecule has 4 rings (SSSR count). The lowest BCUT2D eigenvalue weighted by Gasteiger charge is -2.17. The van der Waals surface area contributed by atoms with Gasteiger partial charge in [0, 0.05) is 36.9 Å². The lowest BCUT2D eigenvalue weighted by Crippen LogP contribution is -2.09. The molecule has 0 fully saturated rings. The first-order valence-electron chi connectivity index (χ1n) is 7.60. The molecule has 4 aromatic rings. The molecule has 5 heteroatoms. The van der Waals surface area contributed by atoms with Gasteiger partial charge in [-0.1, -0.05) is 24.3 Å². The van der Waals surface area contributed by atoms with Crippen LogP contribution in [0, 0.1) is 0 Å². The van der Waals surface area contributed by atoms with Gasteiger partial charge in [-0.15, -0.1) is 0 Å². The SMILES string of the molecule is CN(C)c1ccc(-c2nc3cccnc3c(=O)o2)c2ccccc12. The van der Waals surface area contributed by atoms with E-state index in [2.05, 4.69) is 20.9 Å². The summed E-state index contributed by atoms with van der Waals surface area (Å²) in [5.74, 6) is 0.307. The summed E-state index contributed by atoms with van der Waals surface area (Å²) in [6.45, 7) is 0. The van der Waals surface area contributed by atoms with Crippen LogP contribution in [-0.4, -0.2) is 24.1 Å². The molecule has 0 aliphatic heterocycles. The summed E-state index contributed by atoms with van der Waals surface area (Å²) in [7, 11) is 4.00. The monoisotopic (exact) mass is 317 g/mol. The van der Waals surface area contributed by atoms with E-state index in [1.807, 2.05) is 44.4 Å². The second kappa shape index (κ2) is 5.45. The molecule has 0 amide bonds. The van der Waals surface area contributed by atoms with Crippen molar-refractivity contribution < 1.29 is 4.42 Å². The Hall–Kier alpha value is -3.21. The zero-order valence-electron chi connectivity index (χ0n) is 13.4. The molecule has 2 heterocycles. The van der Waals surface area contributed by atoms with Crippen LogP contribution in [0.15, 0.2) is 63.9 Å². The first-order chi connectivity index (χ1) is 11.6. The van der Waals surface area contributed by atoms with Gasteiger partial charge >= 0.3 is 5.63 Å². The molecule has 0 N–H and O–H groups in total. The van der Waals surface area contributed by atoms with Crippen LogP contribution < -0.4 is 10.5 Å². The van der Waals surface area contributed by atoms with Crippen LogP contribution in [0.25, 0.3) is 33.3 Å². The van der Waals surface area contributed by atoms with Crippen LogP contribution in [0.2, 0.25) is 0 Å². The number of hydrogen-bond donors (Lipinski definition) is 0. The van der Waals surface area contributed by atoms with Gasteiger partial charge in [-0.25, -0.2) is 14.8 Å². The molecule has 0 bridgehead atoms. The topological polar surface area (TPSA) is 59.2 Å². The summed E-state index contributed by atoms with van der Waals surface area (Å²) < 4.78 is 5.44. The zero-order valence-corrected chi connectivity index (χ0v) is 13.4. The molecule has 118 valence electrons. The first kappa shape index (κ1) is 14.4. The van der Waals surface area contributed by atoms with E-state index < -0.39 is 5.63 Å². The molecule has 0 radical (unpaired) electrons. The van der Waals surface area contributed by atoms with E-state index in [1.165, 1.54) is 0 Å². The summed E-state index contributed by atoms with van der Waals surface area (Å²) in [5, 5.41) is 2.07. The van der Waals surface area contributed by atoms with E-state index in [-0.39, 0.29) is 5.52 Å². The summed E-state index contributed by atoms with van der Waals surface area (Å²) in [5.41, 5.74) is 2.19. The maximum Gasteiger partial charge on any atom is 0.365 e. The van der Waals surface area contributed by atoms with Gasteiger partial charge in [-0.3, -0.25) is 0 Å². The Balaban J connectivity index is 2.04. The van der Waals surface area contributed by atoms with Gasteiger partial charge < -0.3 is 9.32 Å². The average Bonchev–Trinajstić information content (AvgIpc) is 2.60. The van der Waals surface area contributed by atoms with E-state index in [4.69, 9.17) is 4.42 Å². The number of anilines is 1. The van der Waals surface area contributed by atoms with Crippen molar-refractivity contribution in [1.82, 2.24) is 9.97 Å². The molecule has 0 aliphatic carbocycles. The predicted molar refractivity (Wildman–Crippen MR) is 95.3 cm³/mol. The molecule has 24 heavy (non-hydrogen) atoms. The molecule has 0 saturated carbocycles. The van der Waals surface area contributed by atoms with Crippen LogP contribution in [-0.2, 0) is 0 Å². The quantitative estimate of drug-likeness (QED) is 0.566. The highest BCUT2D eigenvalue weighted by atomic mass is 16.4. The number of benzene rings is 2. The molecule has 2 aromatic carbocycles. The largest absolute Gasteiger partial charge is 0.402 e. The fraction of sp³-hybridized carbons (Fsp3) is 0.105. The van der Waals surface area contributed by atoms with Crippen molar-refractivity contribution >= 4 is 27.5 Å². The maximum atomic E-state index is 12.2. The lowest BCUT2D eigenvalue weighted by atomic mass is 10.0. The van der Waals surface area contributed by atoms with E-state index in [1.54, 1.807) is 18.3 Å². The number of nitrogens with zero attached hydrogens (tertiary/aromatic N) is 3. The van der Waals surface area contributed by atoms with E-state index in [9.17, 15) is 4.79 Å². The van der Waals surface area contributed by atoms with Crippen LogP contribution in [0.4, 0.5) is 5.69 Å². The van der Waals surface area contributed by atoms with Gasteiger partial charge in [0.05, 0.1) is 0 Å². The van der Waals surface area contributed by atoms with Crippen molar-refractivity contribution in [2.45, 2.75) is 0 Å². The number of aromatic nitrogens is 2. The molecular weight excluding hydrogens is 302 g/mol. The fourth-order valence-electron chi connectivity index (χ4n) is 2.89. The van der Waals surface area contributed by atoms with Crippen LogP contribution in [0.5, 0.6) is 0 Å². The van der Waals surface area contributed by atoms with E-state index in [0.717, 1.165) is 22.0 Å². The summed E-state index contributed by atoms with van der Waals surface area (Å²) in [4.78, 5) is 22.8. The molecule has 0 spiro atoms. The smallest absolute Gasteiger partial charge is 0.365 e. The Morgan fingerprint density at radius 3 is 2.54 bits per heavy atom. The first-order valence-corrected chi connectivity index (χ1v) is 7.60. The Bertz CT molecular complexity index is 1120. The Morgan fingerprint density at radius 1 is 0.958 bits per heavy atom. The number of rotatable bonds is 2. The maximum absolute atomic E-state index is 12.2. The highest BCUT2D eigenvalue weighted by Gasteiger charge is 2.14. The van der Waals surface area contributed by atoms with Crippen LogP contribution in [0.3, 0.4) is 0 Å². The molecule has 0 saturated heterocycles. The molecular formula is C19H15N3O2. The standard InChI is InChI=1S/C19H15N3O2/c1-22(2)16-10-9-14(12-6-3-4-7-13(12)16)18-21-15-8-5-11-20-17(15)19(23)24-18/h3-11H,1-2H3. The molecule has 0 unspecified atom stereocenters. The van der Waals surface area contributed by atoms with Crippen LogP contribution >= 0.6 is 0 Å². The third-order valence-corrected chi connectivity index (χ3v) is 4.00. The molecule has 5 nitrogen and oxygen atoms in total. The van der Waals surface area contributed by atoms with Gasteiger partial charge in [0.25, 0.3) is 0 Å². The average molecular weight is 317 g/mol. The molecule has 0 aliphatic rings. The number of fused-ring (bicyclic) bond motifs is 2. The van der Waals surface area contributed by atoms with Crippen molar-refractivity contribution in [1.29, 1.82) is 0 Å². The Kier molecular flexibility index (Phi) is 3.27. The Morgan fingerprint density at radius 2 is 1.75 bits per heavy atom. The number of pyridine rings is 1. The van der Waals surface area contributed by atoms with Gasteiger partial charge in [-0.05, 0) is 29.7 Å². The summed E-state index contributed by atoms with van der Waals surface area (Å²) >= 11 is 0. The normalized spacial score (nSPS) is 11.1. The minimum atomic E-state index is -0.476. The van der Waals surface area contributed by atoms with E-state index in [0.29, 0.717) is 11.4 Å².